The Hall–Kier alpha value is -1.79. The maximum Gasteiger partial charge on any atom is 0.410 e. The highest BCUT2D eigenvalue weighted by Gasteiger charge is 2.32. The zero-order valence-electron chi connectivity index (χ0n) is 14.9. The molecule has 1 fully saturated rings. The van der Waals surface area contributed by atoms with Crippen LogP contribution < -0.4 is 10.6 Å². The minimum atomic E-state index is -0.567. The summed E-state index contributed by atoms with van der Waals surface area (Å²) in [7, 11) is 0. The van der Waals surface area contributed by atoms with E-state index in [2.05, 4.69) is 10.6 Å². The zero-order chi connectivity index (χ0) is 17.8. The lowest BCUT2D eigenvalue weighted by atomic mass is 10.0. The minimum Gasteiger partial charge on any atom is -0.444 e. The molecular formula is C16H29N3O4. The molecule has 0 bridgehead atoms. The molecule has 7 nitrogen and oxygen atoms in total. The zero-order valence-corrected chi connectivity index (χ0v) is 14.9. The molecule has 2 atom stereocenters. The van der Waals surface area contributed by atoms with Gasteiger partial charge in [0, 0.05) is 26.1 Å². The number of hydrogen-bond donors (Lipinski definition) is 2. The van der Waals surface area contributed by atoms with E-state index in [1.807, 2.05) is 34.6 Å². The first kappa shape index (κ1) is 19.3. The summed E-state index contributed by atoms with van der Waals surface area (Å²) >= 11 is 0. The molecule has 0 aromatic rings. The Bertz CT molecular complexity index is 457. The van der Waals surface area contributed by atoms with Crippen LogP contribution in [0.2, 0.25) is 0 Å². The molecule has 1 rings (SSSR count). The summed E-state index contributed by atoms with van der Waals surface area (Å²) in [5.74, 6) is -0.464. The molecule has 0 aromatic carbocycles. The van der Waals surface area contributed by atoms with Crippen LogP contribution in [0.4, 0.5) is 4.79 Å². The number of hydrogen-bond acceptors (Lipinski definition) is 4. The first-order valence-corrected chi connectivity index (χ1v) is 8.05. The first-order valence-electron chi connectivity index (χ1n) is 8.05. The van der Waals surface area contributed by atoms with Crippen molar-refractivity contribution in [2.45, 2.75) is 65.6 Å². The average Bonchev–Trinajstić information content (AvgIpc) is 2.81. The predicted molar refractivity (Wildman–Crippen MR) is 86.8 cm³/mol. The number of carbonyl (C=O) groups excluding carboxylic acids is 3. The minimum absolute atomic E-state index is 0.0118. The predicted octanol–water partition coefficient (Wildman–Crippen LogP) is 1.27. The van der Waals surface area contributed by atoms with Gasteiger partial charge in [-0.05, 0) is 33.1 Å². The maximum absolute atomic E-state index is 12.3. The van der Waals surface area contributed by atoms with Gasteiger partial charge in [0.2, 0.25) is 11.8 Å². The van der Waals surface area contributed by atoms with E-state index in [1.165, 1.54) is 6.92 Å². The van der Waals surface area contributed by atoms with E-state index in [1.54, 1.807) is 4.90 Å². The number of nitrogens with one attached hydrogen (secondary N) is 2. The topological polar surface area (TPSA) is 87.7 Å². The molecule has 0 saturated carbocycles. The van der Waals surface area contributed by atoms with E-state index in [-0.39, 0.29) is 29.9 Å². The van der Waals surface area contributed by atoms with Gasteiger partial charge >= 0.3 is 6.09 Å². The number of nitrogens with zero attached hydrogens (tertiary/aromatic N) is 1. The summed E-state index contributed by atoms with van der Waals surface area (Å²) in [6.45, 7) is 11.6. The lowest BCUT2D eigenvalue weighted by Gasteiger charge is -2.25. The van der Waals surface area contributed by atoms with Crippen molar-refractivity contribution in [3.8, 4) is 0 Å². The third-order valence-electron chi connectivity index (χ3n) is 3.49. The summed E-state index contributed by atoms with van der Waals surface area (Å²) in [6, 6.07) is -0.687. The SMILES string of the molecule is CC(=O)N[C@@H](C(=O)N[C@H]1CCN(C(=O)OC(C)(C)C)C1)C(C)C. The van der Waals surface area contributed by atoms with Gasteiger partial charge in [-0.25, -0.2) is 4.79 Å². The van der Waals surface area contributed by atoms with Gasteiger partial charge in [0.1, 0.15) is 11.6 Å². The molecule has 2 N–H and O–H groups in total. The normalized spacial score (nSPS) is 19.4. The van der Waals surface area contributed by atoms with E-state index in [0.717, 1.165) is 0 Å². The molecule has 132 valence electrons. The third kappa shape index (κ3) is 6.46. The van der Waals surface area contributed by atoms with E-state index in [0.29, 0.717) is 19.5 Å². The second-order valence-corrected chi connectivity index (χ2v) is 7.34. The highest BCUT2D eigenvalue weighted by Crippen LogP contribution is 2.15. The van der Waals surface area contributed by atoms with Crippen molar-refractivity contribution >= 4 is 17.9 Å². The monoisotopic (exact) mass is 327 g/mol. The Labute approximate surface area is 138 Å². The fourth-order valence-electron chi connectivity index (χ4n) is 2.42. The van der Waals surface area contributed by atoms with Crippen LogP contribution >= 0.6 is 0 Å². The Morgan fingerprint density at radius 1 is 1.22 bits per heavy atom. The molecule has 0 radical (unpaired) electrons. The molecule has 0 aliphatic carbocycles. The van der Waals surface area contributed by atoms with Crippen molar-refractivity contribution < 1.29 is 19.1 Å². The van der Waals surface area contributed by atoms with E-state index in [9.17, 15) is 14.4 Å². The molecule has 3 amide bonds. The highest BCUT2D eigenvalue weighted by atomic mass is 16.6. The number of amides is 3. The van der Waals surface area contributed by atoms with Crippen molar-refractivity contribution in [3.05, 3.63) is 0 Å². The van der Waals surface area contributed by atoms with Crippen LogP contribution in [0.15, 0.2) is 0 Å². The van der Waals surface area contributed by atoms with Gasteiger partial charge in [-0.15, -0.1) is 0 Å². The van der Waals surface area contributed by atoms with Gasteiger partial charge < -0.3 is 20.3 Å². The largest absolute Gasteiger partial charge is 0.444 e. The number of ether oxygens (including phenoxy) is 1. The Balaban J connectivity index is 2.54. The summed E-state index contributed by atoms with van der Waals surface area (Å²) < 4.78 is 5.33. The molecule has 0 aromatic heterocycles. The van der Waals surface area contributed by atoms with Crippen LogP contribution in [-0.2, 0) is 14.3 Å². The van der Waals surface area contributed by atoms with Crippen LogP contribution in [0, 0.1) is 5.92 Å². The third-order valence-corrected chi connectivity index (χ3v) is 3.49. The van der Waals surface area contributed by atoms with Crippen LogP contribution in [0.3, 0.4) is 0 Å². The van der Waals surface area contributed by atoms with E-state index < -0.39 is 11.6 Å². The molecule has 7 heteroatoms. The van der Waals surface area contributed by atoms with E-state index >= 15 is 0 Å². The quantitative estimate of drug-likeness (QED) is 0.814. The first-order chi connectivity index (χ1) is 10.5. The molecule has 1 aliphatic rings. The number of likely N-dealkylation sites (tertiary alicyclic amines) is 1. The van der Waals surface area contributed by atoms with Crippen molar-refractivity contribution in [2.24, 2.45) is 5.92 Å². The van der Waals surface area contributed by atoms with Gasteiger partial charge in [0.25, 0.3) is 0 Å². The van der Waals surface area contributed by atoms with Gasteiger partial charge in [-0.3, -0.25) is 9.59 Å². The molecule has 1 saturated heterocycles. The van der Waals surface area contributed by atoms with Gasteiger partial charge in [0.05, 0.1) is 0 Å². The van der Waals surface area contributed by atoms with Crippen LogP contribution in [0.5, 0.6) is 0 Å². The summed E-state index contributed by atoms with van der Waals surface area (Å²) in [6.07, 6.45) is 0.312. The highest BCUT2D eigenvalue weighted by molar-refractivity contribution is 5.87. The van der Waals surface area contributed by atoms with Crippen LogP contribution in [-0.4, -0.2) is 53.6 Å². The van der Waals surface area contributed by atoms with Crippen molar-refractivity contribution in [2.75, 3.05) is 13.1 Å². The van der Waals surface area contributed by atoms with Crippen LogP contribution in [0.25, 0.3) is 0 Å². The Morgan fingerprint density at radius 2 is 1.83 bits per heavy atom. The lowest BCUT2D eigenvalue weighted by molar-refractivity contribution is -0.129. The molecule has 0 unspecified atom stereocenters. The molecular weight excluding hydrogens is 298 g/mol. The van der Waals surface area contributed by atoms with Crippen molar-refractivity contribution in [3.63, 3.8) is 0 Å². The second kappa shape index (κ2) is 7.66. The summed E-state index contributed by atoms with van der Waals surface area (Å²) in [5.41, 5.74) is -0.535. The molecule has 1 heterocycles. The van der Waals surface area contributed by atoms with Gasteiger partial charge in [-0.1, -0.05) is 13.8 Å². The fraction of sp³-hybridized carbons (Fsp3) is 0.812. The molecule has 0 spiro atoms. The van der Waals surface area contributed by atoms with Crippen molar-refractivity contribution in [1.29, 1.82) is 0 Å². The molecule has 1 aliphatic heterocycles. The van der Waals surface area contributed by atoms with Crippen molar-refractivity contribution in [1.82, 2.24) is 15.5 Å². The molecule has 23 heavy (non-hydrogen) atoms. The Kier molecular flexibility index (Phi) is 6.41. The second-order valence-electron chi connectivity index (χ2n) is 7.34. The van der Waals surface area contributed by atoms with Gasteiger partial charge in [-0.2, -0.15) is 0 Å². The number of rotatable bonds is 4. The summed E-state index contributed by atoms with van der Waals surface area (Å²) in [5, 5.41) is 5.57. The van der Waals surface area contributed by atoms with Gasteiger partial charge in [0.15, 0.2) is 0 Å². The number of carbonyl (C=O) groups is 3. The standard InChI is InChI=1S/C16H29N3O4/c1-10(2)13(17-11(3)20)14(21)18-12-7-8-19(9-12)15(22)23-16(4,5)6/h10,12-13H,7-9H2,1-6H3,(H,17,20)(H,18,21)/t12-,13+/m0/s1. The smallest absolute Gasteiger partial charge is 0.410 e. The van der Waals surface area contributed by atoms with E-state index in [4.69, 9.17) is 4.74 Å². The maximum atomic E-state index is 12.3. The fourth-order valence-corrected chi connectivity index (χ4v) is 2.42. The van der Waals surface area contributed by atoms with Crippen LogP contribution in [0.1, 0.15) is 48.0 Å². The lowest BCUT2D eigenvalue weighted by Crippen LogP contribution is -2.52. The summed E-state index contributed by atoms with van der Waals surface area (Å²) in [4.78, 5) is 37.1. The average molecular weight is 327 g/mol. The Morgan fingerprint density at radius 3 is 2.30 bits per heavy atom.